The molecule has 2 rings (SSSR count). The third-order valence-corrected chi connectivity index (χ3v) is 4.09. The molecule has 0 bridgehead atoms. The van der Waals surface area contributed by atoms with Crippen LogP contribution in [0.5, 0.6) is 0 Å². The Bertz CT molecular complexity index is 620. The molecule has 1 saturated carbocycles. The molecular weight excluding hydrogens is 272 g/mol. The fraction of sp³-hybridized carbons (Fsp3) is 0.714. The first kappa shape index (κ1) is 15.6. The Morgan fingerprint density at radius 1 is 1.33 bits per heavy atom. The highest BCUT2D eigenvalue weighted by atomic mass is 16.3. The van der Waals surface area contributed by atoms with Gasteiger partial charge in [0.25, 0.3) is 5.56 Å². The van der Waals surface area contributed by atoms with Crippen LogP contribution in [0, 0.1) is 0 Å². The van der Waals surface area contributed by atoms with Crippen molar-refractivity contribution in [2.24, 2.45) is 7.05 Å². The monoisotopic (exact) mass is 296 g/mol. The largest absolute Gasteiger partial charge is 0.391 e. The normalized spacial score (nSPS) is 22.2. The summed E-state index contributed by atoms with van der Waals surface area (Å²) in [7, 11) is 1.44. The number of anilines is 2. The highest BCUT2D eigenvalue weighted by Gasteiger charge is 2.25. The van der Waals surface area contributed by atoms with Crippen LogP contribution in [0.1, 0.15) is 39.0 Å². The summed E-state index contributed by atoms with van der Waals surface area (Å²) < 4.78 is 2.46. The molecule has 1 aromatic heterocycles. The second-order valence-corrected chi connectivity index (χ2v) is 5.66. The van der Waals surface area contributed by atoms with Gasteiger partial charge in [-0.25, -0.2) is 4.79 Å². The maximum Gasteiger partial charge on any atom is 0.332 e. The lowest BCUT2D eigenvalue weighted by Gasteiger charge is -2.29. The summed E-state index contributed by atoms with van der Waals surface area (Å²) in [6.45, 7) is 2.40. The van der Waals surface area contributed by atoms with Gasteiger partial charge in [-0.3, -0.25) is 13.9 Å². The highest BCUT2D eigenvalue weighted by Crippen LogP contribution is 2.23. The predicted molar refractivity (Wildman–Crippen MR) is 82.5 cm³/mol. The molecular formula is C14H24N4O3. The lowest BCUT2D eigenvalue weighted by atomic mass is 9.92. The number of aromatic nitrogens is 2. The van der Waals surface area contributed by atoms with Crippen LogP contribution in [0.25, 0.3) is 0 Å². The molecule has 0 aromatic carbocycles. The van der Waals surface area contributed by atoms with E-state index in [2.05, 4.69) is 5.32 Å². The van der Waals surface area contributed by atoms with E-state index in [1.54, 1.807) is 0 Å². The summed E-state index contributed by atoms with van der Waals surface area (Å²) in [5.41, 5.74) is 5.38. The molecule has 118 valence electrons. The quantitative estimate of drug-likeness (QED) is 0.739. The molecule has 7 nitrogen and oxygen atoms in total. The first-order valence-corrected chi connectivity index (χ1v) is 7.51. The molecule has 2 atom stereocenters. The fourth-order valence-corrected chi connectivity index (χ4v) is 2.82. The molecule has 4 N–H and O–H groups in total. The zero-order valence-corrected chi connectivity index (χ0v) is 12.6. The van der Waals surface area contributed by atoms with E-state index in [0.29, 0.717) is 13.0 Å². The minimum Gasteiger partial charge on any atom is -0.391 e. The maximum atomic E-state index is 12.3. The van der Waals surface area contributed by atoms with Crippen molar-refractivity contribution in [3.05, 3.63) is 20.8 Å². The molecule has 21 heavy (non-hydrogen) atoms. The van der Waals surface area contributed by atoms with E-state index in [9.17, 15) is 14.7 Å². The fourth-order valence-electron chi connectivity index (χ4n) is 2.82. The van der Waals surface area contributed by atoms with Gasteiger partial charge in [0.15, 0.2) is 0 Å². The van der Waals surface area contributed by atoms with E-state index in [1.165, 1.54) is 11.6 Å². The minimum absolute atomic E-state index is 0.155. The third-order valence-electron chi connectivity index (χ3n) is 4.09. The van der Waals surface area contributed by atoms with E-state index in [1.807, 2.05) is 6.92 Å². The average molecular weight is 296 g/mol. The Kier molecular flexibility index (Phi) is 4.72. The maximum absolute atomic E-state index is 12.3. The molecule has 0 aliphatic heterocycles. The van der Waals surface area contributed by atoms with Crippen molar-refractivity contribution in [3.8, 4) is 0 Å². The summed E-state index contributed by atoms with van der Waals surface area (Å²) in [5, 5.41) is 13.1. The average Bonchev–Trinajstić information content (AvgIpc) is 2.48. The van der Waals surface area contributed by atoms with Crippen molar-refractivity contribution in [2.45, 2.75) is 57.7 Å². The number of nitrogens with zero attached hydrogens (tertiary/aromatic N) is 2. The van der Waals surface area contributed by atoms with Gasteiger partial charge in [-0.05, 0) is 19.3 Å². The zero-order valence-electron chi connectivity index (χ0n) is 12.6. The first-order valence-electron chi connectivity index (χ1n) is 7.51. The number of hydrogen-bond donors (Lipinski definition) is 3. The third kappa shape index (κ3) is 2.97. The van der Waals surface area contributed by atoms with Gasteiger partial charge in [0.05, 0.1) is 12.1 Å². The van der Waals surface area contributed by atoms with Gasteiger partial charge < -0.3 is 16.2 Å². The van der Waals surface area contributed by atoms with Gasteiger partial charge in [-0.2, -0.15) is 0 Å². The zero-order chi connectivity index (χ0) is 15.6. The van der Waals surface area contributed by atoms with Crippen LogP contribution in [0.3, 0.4) is 0 Å². The van der Waals surface area contributed by atoms with Crippen LogP contribution in [-0.2, 0) is 13.6 Å². The summed E-state index contributed by atoms with van der Waals surface area (Å²) in [6.07, 6.45) is 3.75. The van der Waals surface area contributed by atoms with Crippen molar-refractivity contribution in [2.75, 3.05) is 11.1 Å². The number of nitrogen functional groups attached to an aromatic ring is 1. The van der Waals surface area contributed by atoms with Crippen LogP contribution < -0.4 is 22.3 Å². The Hall–Kier alpha value is -1.76. The molecule has 1 aliphatic carbocycles. The predicted octanol–water partition coefficient (Wildman–Crippen LogP) is 0.255. The second-order valence-electron chi connectivity index (χ2n) is 5.66. The molecule has 1 fully saturated rings. The molecule has 1 heterocycles. The molecule has 7 heteroatoms. The molecule has 0 radical (unpaired) electrons. The van der Waals surface area contributed by atoms with E-state index >= 15 is 0 Å². The smallest absolute Gasteiger partial charge is 0.332 e. The van der Waals surface area contributed by atoms with Gasteiger partial charge in [-0.15, -0.1) is 0 Å². The second kappa shape index (κ2) is 6.34. The van der Waals surface area contributed by atoms with E-state index in [-0.39, 0.29) is 17.5 Å². The van der Waals surface area contributed by atoms with Crippen molar-refractivity contribution in [1.82, 2.24) is 9.13 Å². The van der Waals surface area contributed by atoms with Crippen LogP contribution in [0.2, 0.25) is 0 Å². The van der Waals surface area contributed by atoms with Gasteiger partial charge in [0.2, 0.25) is 0 Å². The number of aliphatic hydroxyl groups excluding tert-OH is 1. The van der Waals surface area contributed by atoms with E-state index in [4.69, 9.17) is 5.73 Å². The number of nitrogens with two attached hydrogens (primary N) is 1. The number of nitrogens with one attached hydrogen (secondary N) is 1. The minimum atomic E-state index is -0.491. The van der Waals surface area contributed by atoms with Crippen molar-refractivity contribution in [3.63, 3.8) is 0 Å². The number of aliphatic hydroxyl groups is 1. The lowest BCUT2D eigenvalue weighted by molar-refractivity contribution is 0.116. The summed E-state index contributed by atoms with van der Waals surface area (Å²) in [4.78, 5) is 24.4. The standard InChI is InChI=1S/C14H24N4O3/c1-3-8-18-12(15)11(13(20)17(2)14(18)21)16-9-6-4-5-7-10(9)19/h9-10,16,19H,3-8,15H2,1-2H3. The van der Waals surface area contributed by atoms with Crippen molar-refractivity contribution >= 4 is 11.5 Å². The van der Waals surface area contributed by atoms with Crippen LogP contribution in [-0.4, -0.2) is 26.4 Å². The van der Waals surface area contributed by atoms with E-state index in [0.717, 1.165) is 30.3 Å². The van der Waals surface area contributed by atoms with Crippen molar-refractivity contribution in [1.29, 1.82) is 0 Å². The van der Waals surface area contributed by atoms with Crippen LogP contribution >= 0.6 is 0 Å². The van der Waals surface area contributed by atoms with Crippen LogP contribution in [0.15, 0.2) is 9.59 Å². The van der Waals surface area contributed by atoms with Gasteiger partial charge in [0.1, 0.15) is 11.5 Å². The molecule has 0 saturated heterocycles. The molecule has 2 unspecified atom stereocenters. The molecule has 0 spiro atoms. The summed E-state index contributed by atoms with van der Waals surface area (Å²) in [5.74, 6) is 0.155. The Balaban J connectivity index is 2.43. The summed E-state index contributed by atoms with van der Waals surface area (Å²) in [6, 6.07) is -0.193. The van der Waals surface area contributed by atoms with Gasteiger partial charge in [-0.1, -0.05) is 19.8 Å². The molecule has 1 aliphatic rings. The number of hydrogen-bond acceptors (Lipinski definition) is 5. The van der Waals surface area contributed by atoms with Gasteiger partial charge in [0, 0.05) is 13.6 Å². The Morgan fingerprint density at radius 2 is 2.00 bits per heavy atom. The van der Waals surface area contributed by atoms with Gasteiger partial charge >= 0.3 is 5.69 Å². The summed E-state index contributed by atoms with van der Waals surface area (Å²) >= 11 is 0. The highest BCUT2D eigenvalue weighted by molar-refractivity contribution is 5.61. The topological polar surface area (TPSA) is 102 Å². The Morgan fingerprint density at radius 3 is 2.62 bits per heavy atom. The number of rotatable bonds is 4. The molecule has 1 aromatic rings. The Labute approximate surface area is 123 Å². The lowest BCUT2D eigenvalue weighted by Crippen LogP contribution is -2.44. The first-order chi connectivity index (χ1) is 9.97. The van der Waals surface area contributed by atoms with Crippen LogP contribution in [0.4, 0.5) is 11.5 Å². The van der Waals surface area contributed by atoms with E-state index < -0.39 is 17.4 Å². The van der Waals surface area contributed by atoms with Crippen molar-refractivity contribution < 1.29 is 5.11 Å². The SMILES string of the molecule is CCCn1c(N)c(NC2CCCCC2O)c(=O)n(C)c1=O. The molecule has 0 amide bonds.